The number of anilines is 2. The average Bonchev–Trinajstić information content (AvgIpc) is 3.47. The number of carbonyl (C=O) groups is 2. The van der Waals surface area contributed by atoms with Crippen LogP contribution in [0, 0.1) is 0 Å². The number of piperazine rings is 1. The van der Waals surface area contributed by atoms with Gasteiger partial charge in [-0.2, -0.15) is 10.2 Å². The van der Waals surface area contributed by atoms with Gasteiger partial charge in [-0.3, -0.25) is 10.2 Å². The van der Waals surface area contributed by atoms with Gasteiger partial charge in [0.2, 0.25) is 0 Å². The van der Waals surface area contributed by atoms with Crippen LogP contribution in [-0.2, 0) is 0 Å². The second-order valence-electron chi connectivity index (χ2n) is 10.4. The Bertz CT molecular complexity index is 1270. The van der Waals surface area contributed by atoms with E-state index in [9.17, 15) is 9.59 Å². The lowest BCUT2D eigenvalue weighted by Gasteiger charge is -2.38. The predicted molar refractivity (Wildman–Crippen MR) is 144 cm³/mol. The van der Waals surface area contributed by atoms with E-state index in [1.807, 2.05) is 29.3 Å². The Kier molecular flexibility index (Phi) is 6.26. The Morgan fingerprint density at radius 3 is 2.49 bits per heavy atom. The summed E-state index contributed by atoms with van der Waals surface area (Å²) in [6.07, 6.45) is 3.25. The summed E-state index contributed by atoms with van der Waals surface area (Å²) in [4.78, 5) is 29.0. The van der Waals surface area contributed by atoms with Gasteiger partial charge in [0.1, 0.15) is 11.7 Å². The van der Waals surface area contributed by atoms with Crippen molar-refractivity contribution in [3.63, 3.8) is 0 Å². The number of rotatable bonds is 4. The van der Waals surface area contributed by atoms with E-state index in [1.54, 1.807) is 6.07 Å². The van der Waals surface area contributed by atoms with Crippen LogP contribution in [0.25, 0.3) is 5.70 Å². The molecular weight excluding hydrogens is 466 g/mol. The van der Waals surface area contributed by atoms with Gasteiger partial charge in [0.25, 0.3) is 0 Å². The minimum atomic E-state index is -0.433. The number of hydrazine groups is 1. The zero-order valence-corrected chi connectivity index (χ0v) is 21.3. The third kappa shape index (κ3) is 4.32. The fourth-order valence-electron chi connectivity index (χ4n) is 5.97. The molecule has 2 aromatic carbocycles. The van der Waals surface area contributed by atoms with Crippen molar-refractivity contribution in [2.45, 2.75) is 51.2 Å². The van der Waals surface area contributed by atoms with Crippen LogP contribution in [0.2, 0.25) is 0 Å². The Morgan fingerprint density at radius 1 is 1.03 bits per heavy atom. The van der Waals surface area contributed by atoms with E-state index < -0.39 is 6.04 Å². The molecule has 2 aromatic rings. The summed E-state index contributed by atoms with van der Waals surface area (Å²) in [6.45, 7) is 8.14. The molecule has 2 amide bonds. The van der Waals surface area contributed by atoms with Crippen molar-refractivity contribution < 1.29 is 9.59 Å². The number of carbonyl (C=O) groups excluding carboxylic acids is 2. The molecule has 192 valence electrons. The highest BCUT2D eigenvalue weighted by atomic mass is 16.2. The molecule has 3 heterocycles. The van der Waals surface area contributed by atoms with Crippen molar-refractivity contribution in [1.82, 2.24) is 15.8 Å². The van der Waals surface area contributed by atoms with Crippen molar-refractivity contribution in [3.8, 4) is 0 Å². The maximum atomic E-state index is 13.7. The van der Waals surface area contributed by atoms with E-state index in [4.69, 9.17) is 0 Å². The number of azo groups is 1. The van der Waals surface area contributed by atoms with E-state index in [0.717, 1.165) is 56.6 Å². The monoisotopic (exact) mass is 499 g/mol. The van der Waals surface area contributed by atoms with Gasteiger partial charge in [-0.15, -0.1) is 0 Å². The van der Waals surface area contributed by atoms with Gasteiger partial charge in [0.05, 0.1) is 16.8 Å². The standard InChI is InChI=1S/C28H33N7O2/c1-17-5-3-6-18(2)35(17)33-28(37)30-22-8-4-7-21-23(22)27(36)24-25(31-32-26(21)24)19-9-11-20(12-10-19)34-15-13-29-14-16-34/h4,7-12,17-18,26,29H,3,5-6,13-16H2,1-2H3,(H2,30,33,37). The Labute approximate surface area is 217 Å². The number of piperidine rings is 1. The number of benzene rings is 2. The molecule has 0 radical (unpaired) electrons. The number of urea groups is 1. The maximum Gasteiger partial charge on any atom is 0.333 e. The zero-order valence-electron chi connectivity index (χ0n) is 21.3. The van der Waals surface area contributed by atoms with E-state index in [-0.39, 0.29) is 23.9 Å². The lowest BCUT2D eigenvalue weighted by atomic mass is 10.00. The fourth-order valence-corrected chi connectivity index (χ4v) is 5.97. The molecule has 3 unspecified atom stereocenters. The lowest BCUT2D eigenvalue weighted by Crippen LogP contribution is -2.55. The predicted octanol–water partition coefficient (Wildman–Crippen LogP) is 4.51. The summed E-state index contributed by atoms with van der Waals surface area (Å²) in [5.74, 6) is -0.123. The molecule has 4 aliphatic rings. The van der Waals surface area contributed by atoms with Gasteiger partial charge in [-0.05, 0) is 50.5 Å². The first kappa shape index (κ1) is 23.8. The van der Waals surface area contributed by atoms with Crippen molar-refractivity contribution in [1.29, 1.82) is 0 Å². The fraction of sp³-hybridized carbons (Fsp3) is 0.429. The highest BCUT2D eigenvalue weighted by Crippen LogP contribution is 2.49. The largest absolute Gasteiger partial charge is 0.369 e. The van der Waals surface area contributed by atoms with Crippen LogP contribution in [0.3, 0.4) is 0 Å². The zero-order chi connectivity index (χ0) is 25.5. The molecule has 37 heavy (non-hydrogen) atoms. The molecule has 9 heteroatoms. The number of nitrogens with zero attached hydrogens (tertiary/aromatic N) is 4. The molecule has 0 saturated carbocycles. The highest BCUT2D eigenvalue weighted by molar-refractivity contribution is 6.22. The minimum Gasteiger partial charge on any atom is -0.369 e. The molecule has 0 spiro atoms. The van der Waals surface area contributed by atoms with E-state index in [0.29, 0.717) is 22.5 Å². The molecule has 3 N–H and O–H groups in total. The molecule has 9 nitrogen and oxygen atoms in total. The van der Waals surface area contributed by atoms with Crippen LogP contribution >= 0.6 is 0 Å². The Hall–Kier alpha value is -3.56. The van der Waals surface area contributed by atoms with Crippen molar-refractivity contribution in [3.05, 3.63) is 64.7 Å². The molecule has 3 aliphatic heterocycles. The van der Waals surface area contributed by atoms with Gasteiger partial charge >= 0.3 is 6.03 Å². The number of fused-ring (bicyclic) bond motifs is 3. The first-order chi connectivity index (χ1) is 18.0. The van der Waals surface area contributed by atoms with Gasteiger partial charge in [-0.1, -0.05) is 30.7 Å². The Balaban J connectivity index is 1.24. The second-order valence-corrected chi connectivity index (χ2v) is 10.4. The topological polar surface area (TPSA) is 101 Å². The van der Waals surface area contributed by atoms with Crippen molar-refractivity contribution >= 4 is 28.9 Å². The number of hydrogen-bond acceptors (Lipinski definition) is 7. The Morgan fingerprint density at radius 2 is 1.76 bits per heavy atom. The third-order valence-electron chi connectivity index (χ3n) is 7.96. The molecule has 3 atom stereocenters. The molecule has 2 fully saturated rings. The maximum absolute atomic E-state index is 13.7. The van der Waals surface area contributed by atoms with Crippen LogP contribution in [0.4, 0.5) is 16.2 Å². The number of nitrogens with one attached hydrogen (secondary N) is 3. The van der Waals surface area contributed by atoms with Crippen LogP contribution in [-0.4, -0.2) is 55.1 Å². The average molecular weight is 500 g/mol. The third-order valence-corrected chi connectivity index (χ3v) is 7.96. The van der Waals surface area contributed by atoms with Crippen molar-refractivity contribution in [2.24, 2.45) is 10.2 Å². The van der Waals surface area contributed by atoms with Gasteiger partial charge in [0.15, 0.2) is 5.78 Å². The van der Waals surface area contributed by atoms with Crippen molar-refractivity contribution in [2.75, 3.05) is 36.4 Å². The van der Waals surface area contributed by atoms with Crippen LogP contribution in [0.1, 0.15) is 60.6 Å². The number of Topliss-reactive ketones (excluding diaryl/α,β-unsaturated/α-hetero) is 1. The van der Waals surface area contributed by atoms with Gasteiger partial charge in [0, 0.05) is 49.5 Å². The summed E-state index contributed by atoms with van der Waals surface area (Å²) in [5.41, 5.74) is 8.03. The van der Waals surface area contributed by atoms with E-state index in [2.05, 4.69) is 57.2 Å². The summed E-state index contributed by atoms with van der Waals surface area (Å²) in [5, 5.41) is 17.2. The summed E-state index contributed by atoms with van der Waals surface area (Å²) in [7, 11) is 0. The van der Waals surface area contributed by atoms with Crippen LogP contribution < -0.4 is 21.0 Å². The van der Waals surface area contributed by atoms with E-state index in [1.165, 1.54) is 5.69 Å². The molecular formula is C28H33N7O2. The summed E-state index contributed by atoms with van der Waals surface area (Å²) >= 11 is 0. The van der Waals surface area contributed by atoms with E-state index >= 15 is 0 Å². The quantitative estimate of drug-likeness (QED) is 0.575. The van der Waals surface area contributed by atoms with Gasteiger partial charge < -0.3 is 15.5 Å². The molecule has 1 aliphatic carbocycles. The minimum absolute atomic E-state index is 0.123. The molecule has 6 rings (SSSR count). The summed E-state index contributed by atoms with van der Waals surface area (Å²) < 4.78 is 0. The highest BCUT2D eigenvalue weighted by Gasteiger charge is 2.42. The lowest BCUT2D eigenvalue weighted by molar-refractivity contribution is 0.0625. The smallest absolute Gasteiger partial charge is 0.333 e. The van der Waals surface area contributed by atoms with Crippen LogP contribution in [0.15, 0.2) is 58.3 Å². The number of ketones is 1. The number of amides is 2. The normalized spacial score (nSPS) is 25.3. The first-order valence-electron chi connectivity index (χ1n) is 13.3. The molecule has 0 bridgehead atoms. The number of hydrogen-bond donors (Lipinski definition) is 3. The first-order valence-corrected chi connectivity index (χ1v) is 13.3. The van der Waals surface area contributed by atoms with Gasteiger partial charge in [-0.25, -0.2) is 9.80 Å². The second kappa shape index (κ2) is 9.72. The molecule has 0 aromatic heterocycles. The SMILES string of the molecule is CC1CCCC(C)N1NC(=O)Nc1cccc2c1C(=O)C1=C(c3ccc(N4CCNCC4)cc3)N=NC12. The van der Waals surface area contributed by atoms with Crippen LogP contribution in [0.5, 0.6) is 0 Å². The summed E-state index contributed by atoms with van der Waals surface area (Å²) in [6, 6.07) is 13.5. The molecule has 2 saturated heterocycles.